The molecule has 0 saturated carbocycles. The standard InChI is InChI=1S/C29H42O17/c1-12(2)22-25(41-16(6)33)26(42-17(7)34)23(39-14(4)31)20(45-22)11-38-29-28(44-19(9)36)27(43-18(8)35)24(40-15(5)32)21(46-29)10-37-13(3)30/h12,20-29H,10-11H2,1-9H3/t20-,21-,22+,23+,24+,25+,26+,27+,28-,29-/m1/s1. The molecule has 0 spiro atoms. The van der Waals surface area contributed by atoms with Crippen LogP contribution >= 0.6 is 0 Å². The molecule has 0 aromatic carbocycles. The Morgan fingerprint density at radius 2 is 0.848 bits per heavy atom. The Morgan fingerprint density at radius 1 is 0.478 bits per heavy atom. The third kappa shape index (κ3) is 11.2. The van der Waals surface area contributed by atoms with Gasteiger partial charge in [-0.2, -0.15) is 0 Å². The Kier molecular flexibility index (Phi) is 14.3. The van der Waals surface area contributed by atoms with Gasteiger partial charge in [0, 0.05) is 48.5 Å². The summed E-state index contributed by atoms with van der Waals surface area (Å²) >= 11 is 0. The molecule has 17 nitrogen and oxygen atoms in total. The Labute approximate surface area is 265 Å². The SMILES string of the molecule is CC(=O)OC[C@H]1O[C@@H](OC[C@H]2O[C@@H](C(C)C)[C@H](OC(C)=O)[C@@H](OC(C)=O)[C@H]2OC(C)=O)[C@H](OC(C)=O)[C@@H](OC(C)=O)[C@H]1OC(C)=O. The van der Waals surface area contributed by atoms with Crippen LogP contribution in [0.2, 0.25) is 0 Å². The summed E-state index contributed by atoms with van der Waals surface area (Å²) in [6.45, 7) is 10.3. The fraction of sp³-hybridized carbons (Fsp3) is 0.759. The number of carbonyl (C=O) groups is 7. The zero-order valence-electron chi connectivity index (χ0n) is 27.2. The number of ether oxygens (including phenoxy) is 10. The van der Waals surface area contributed by atoms with E-state index in [9.17, 15) is 33.6 Å². The van der Waals surface area contributed by atoms with Crippen LogP contribution in [0, 0.1) is 5.92 Å². The molecule has 17 heteroatoms. The topological polar surface area (TPSA) is 212 Å². The van der Waals surface area contributed by atoms with Gasteiger partial charge in [0.05, 0.1) is 6.61 Å². The van der Waals surface area contributed by atoms with E-state index in [2.05, 4.69) is 0 Å². The fourth-order valence-electron chi connectivity index (χ4n) is 5.11. The van der Waals surface area contributed by atoms with E-state index in [-0.39, 0.29) is 5.92 Å². The van der Waals surface area contributed by atoms with Crippen molar-refractivity contribution >= 4 is 41.8 Å². The highest BCUT2D eigenvalue weighted by Gasteiger charge is 2.55. The van der Waals surface area contributed by atoms with E-state index < -0.39 is 116 Å². The minimum Gasteiger partial charge on any atom is -0.463 e. The summed E-state index contributed by atoms with van der Waals surface area (Å²) in [6, 6.07) is 0. The van der Waals surface area contributed by atoms with Crippen LogP contribution in [0.25, 0.3) is 0 Å². The first-order valence-electron chi connectivity index (χ1n) is 14.5. The molecule has 2 aliphatic heterocycles. The van der Waals surface area contributed by atoms with Gasteiger partial charge in [0.1, 0.15) is 24.9 Å². The van der Waals surface area contributed by atoms with Crippen molar-refractivity contribution in [3.8, 4) is 0 Å². The average molecular weight is 663 g/mol. The van der Waals surface area contributed by atoms with Gasteiger partial charge in [-0.3, -0.25) is 33.6 Å². The zero-order chi connectivity index (χ0) is 34.9. The molecule has 0 amide bonds. The molecule has 2 rings (SSSR count). The first kappa shape index (κ1) is 38.4. The molecule has 0 aromatic rings. The molecular formula is C29H42O17. The molecule has 2 aliphatic rings. The Hall–Kier alpha value is -3.83. The van der Waals surface area contributed by atoms with Gasteiger partial charge in [-0.15, -0.1) is 0 Å². The molecule has 0 radical (unpaired) electrons. The highest BCUT2D eigenvalue weighted by molar-refractivity contribution is 5.69. The molecule has 260 valence electrons. The molecule has 0 bridgehead atoms. The third-order valence-electron chi connectivity index (χ3n) is 6.61. The molecule has 10 atom stereocenters. The molecule has 46 heavy (non-hydrogen) atoms. The maximum Gasteiger partial charge on any atom is 0.303 e. The molecule has 0 aromatic heterocycles. The van der Waals surface area contributed by atoms with E-state index in [4.69, 9.17) is 47.4 Å². The lowest BCUT2D eigenvalue weighted by molar-refractivity contribution is -0.320. The minimum absolute atomic E-state index is 0.325. The normalized spacial score (nSPS) is 30.7. The summed E-state index contributed by atoms with van der Waals surface area (Å²) in [6.07, 6.45) is -13.2. The predicted octanol–water partition coefficient (Wildman–Crippen LogP) is 0.305. The molecule has 2 heterocycles. The van der Waals surface area contributed by atoms with Gasteiger partial charge in [-0.25, -0.2) is 0 Å². The average Bonchev–Trinajstić information content (AvgIpc) is 2.89. The molecule has 0 aliphatic carbocycles. The Morgan fingerprint density at radius 3 is 1.26 bits per heavy atom. The van der Waals surface area contributed by atoms with Crippen molar-refractivity contribution in [3.05, 3.63) is 0 Å². The summed E-state index contributed by atoms with van der Waals surface area (Å²) in [4.78, 5) is 84.2. The number of esters is 7. The number of rotatable bonds is 12. The summed E-state index contributed by atoms with van der Waals surface area (Å²) < 4.78 is 55.9. The molecular weight excluding hydrogens is 620 g/mol. The van der Waals surface area contributed by atoms with Crippen LogP contribution in [0.5, 0.6) is 0 Å². The highest BCUT2D eigenvalue weighted by atomic mass is 16.7. The minimum atomic E-state index is -1.57. The Balaban J connectivity index is 2.55. The van der Waals surface area contributed by atoms with Crippen LogP contribution < -0.4 is 0 Å². The van der Waals surface area contributed by atoms with Crippen LogP contribution in [-0.4, -0.2) is 116 Å². The van der Waals surface area contributed by atoms with Crippen LogP contribution in [0.15, 0.2) is 0 Å². The number of hydrogen-bond acceptors (Lipinski definition) is 17. The van der Waals surface area contributed by atoms with Gasteiger partial charge < -0.3 is 47.4 Å². The predicted molar refractivity (Wildman–Crippen MR) is 148 cm³/mol. The molecule has 0 unspecified atom stereocenters. The zero-order valence-corrected chi connectivity index (χ0v) is 27.2. The number of hydrogen-bond donors (Lipinski definition) is 0. The Bertz CT molecular complexity index is 1130. The van der Waals surface area contributed by atoms with Crippen molar-refractivity contribution in [1.29, 1.82) is 0 Å². The lowest BCUT2D eigenvalue weighted by Crippen LogP contribution is -2.65. The van der Waals surface area contributed by atoms with E-state index >= 15 is 0 Å². The van der Waals surface area contributed by atoms with Crippen molar-refractivity contribution in [1.82, 2.24) is 0 Å². The van der Waals surface area contributed by atoms with Crippen molar-refractivity contribution in [3.63, 3.8) is 0 Å². The third-order valence-corrected chi connectivity index (χ3v) is 6.61. The van der Waals surface area contributed by atoms with Crippen molar-refractivity contribution in [2.24, 2.45) is 5.92 Å². The first-order valence-corrected chi connectivity index (χ1v) is 14.5. The van der Waals surface area contributed by atoms with E-state index in [0.717, 1.165) is 48.5 Å². The lowest BCUT2D eigenvalue weighted by atomic mass is 9.89. The molecule has 2 fully saturated rings. The van der Waals surface area contributed by atoms with Gasteiger partial charge in [-0.05, 0) is 5.92 Å². The lowest BCUT2D eigenvalue weighted by Gasteiger charge is -2.47. The van der Waals surface area contributed by atoms with Gasteiger partial charge in [0.2, 0.25) is 0 Å². The second-order valence-corrected chi connectivity index (χ2v) is 11.0. The van der Waals surface area contributed by atoms with E-state index in [1.54, 1.807) is 13.8 Å². The van der Waals surface area contributed by atoms with E-state index in [0.29, 0.717) is 0 Å². The van der Waals surface area contributed by atoms with Crippen LogP contribution in [0.3, 0.4) is 0 Å². The second-order valence-electron chi connectivity index (χ2n) is 11.0. The maximum atomic E-state index is 12.2. The second kappa shape index (κ2) is 17.2. The van der Waals surface area contributed by atoms with E-state index in [1.807, 2.05) is 0 Å². The van der Waals surface area contributed by atoms with Crippen LogP contribution in [0.4, 0.5) is 0 Å². The smallest absolute Gasteiger partial charge is 0.303 e. The maximum absolute atomic E-state index is 12.2. The first-order chi connectivity index (χ1) is 21.4. The van der Waals surface area contributed by atoms with Crippen LogP contribution in [0.1, 0.15) is 62.3 Å². The summed E-state index contributed by atoms with van der Waals surface area (Å²) in [5.74, 6) is -5.76. The summed E-state index contributed by atoms with van der Waals surface area (Å²) in [7, 11) is 0. The molecule has 0 N–H and O–H groups in total. The van der Waals surface area contributed by atoms with Gasteiger partial charge in [-0.1, -0.05) is 13.8 Å². The van der Waals surface area contributed by atoms with Gasteiger partial charge in [0.15, 0.2) is 42.9 Å². The van der Waals surface area contributed by atoms with Gasteiger partial charge >= 0.3 is 41.8 Å². The van der Waals surface area contributed by atoms with Gasteiger partial charge in [0.25, 0.3) is 0 Å². The quantitative estimate of drug-likeness (QED) is 0.203. The summed E-state index contributed by atoms with van der Waals surface area (Å²) in [5, 5.41) is 0. The van der Waals surface area contributed by atoms with Crippen molar-refractivity contribution in [2.75, 3.05) is 13.2 Å². The number of carbonyl (C=O) groups excluding carboxylic acids is 7. The monoisotopic (exact) mass is 662 g/mol. The van der Waals surface area contributed by atoms with Crippen molar-refractivity contribution in [2.45, 2.75) is 124 Å². The molecule has 2 saturated heterocycles. The largest absolute Gasteiger partial charge is 0.463 e. The summed E-state index contributed by atoms with van der Waals surface area (Å²) in [5.41, 5.74) is 0. The highest BCUT2D eigenvalue weighted by Crippen LogP contribution is 2.34. The van der Waals surface area contributed by atoms with E-state index in [1.165, 1.54) is 0 Å². The fourth-order valence-corrected chi connectivity index (χ4v) is 5.11. The van der Waals surface area contributed by atoms with Crippen LogP contribution in [-0.2, 0) is 80.9 Å². The van der Waals surface area contributed by atoms with Crippen molar-refractivity contribution < 1.29 is 80.9 Å².